The molecular weight excluding hydrogens is 316 g/mol. The van der Waals surface area contributed by atoms with Crippen LogP contribution in [-0.2, 0) is 6.42 Å². The first-order chi connectivity index (χ1) is 12.3. The van der Waals surface area contributed by atoms with Crippen LogP contribution in [0.3, 0.4) is 0 Å². The maximum atomic E-state index is 5.50. The molecule has 0 saturated heterocycles. The highest BCUT2D eigenvalue weighted by Crippen LogP contribution is 2.60. The summed E-state index contributed by atoms with van der Waals surface area (Å²) in [7, 11) is 1.77. The minimum atomic E-state index is 0.428. The van der Waals surface area contributed by atoms with Gasteiger partial charge >= 0.3 is 0 Å². The van der Waals surface area contributed by atoms with Crippen LogP contribution in [-0.4, -0.2) is 7.11 Å². The van der Waals surface area contributed by atoms with Crippen LogP contribution in [0.25, 0.3) is 0 Å². The molecule has 2 aliphatic rings. The Balaban J connectivity index is 0.00000117. The topological polar surface area (TPSA) is 9.23 Å². The number of fused-ring (bicyclic) bond motifs is 1. The standard InChI is InChI=1S/C23H34O.C2H6/c1-16-12-18(14-19(13-16)24-6)15-20-17(2)8-9-21-22(3,4)10-7-11-23(20,21)5;1-2/h8,12-14,20-21H,7,9-11,15H2,1-6H3;1-2H3. The molecule has 0 radical (unpaired) electrons. The molecule has 1 nitrogen and oxygen atoms in total. The Bertz CT molecular complexity index is 640. The van der Waals surface area contributed by atoms with E-state index in [0.717, 1.165) is 18.1 Å². The number of hydrogen-bond acceptors (Lipinski definition) is 1. The van der Waals surface area contributed by atoms with Crippen molar-refractivity contribution < 1.29 is 4.74 Å². The Morgan fingerprint density at radius 2 is 1.73 bits per heavy atom. The van der Waals surface area contributed by atoms with Crippen molar-refractivity contribution in [3.8, 4) is 5.75 Å². The van der Waals surface area contributed by atoms with Crippen molar-refractivity contribution in [1.82, 2.24) is 0 Å². The number of aryl methyl sites for hydroxylation is 1. The first kappa shape index (κ1) is 21.1. The first-order valence-electron chi connectivity index (χ1n) is 10.6. The van der Waals surface area contributed by atoms with E-state index in [-0.39, 0.29) is 0 Å². The zero-order chi connectivity index (χ0) is 19.5. The number of methoxy groups -OCH3 is 1. The Morgan fingerprint density at radius 3 is 2.38 bits per heavy atom. The zero-order valence-corrected chi connectivity index (χ0v) is 18.4. The third-order valence-electron chi connectivity index (χ3n) is 7.08. The van der Waals surface area contributed by atoms with Crippen LogP contribution in [0.5, 0.6) is 5.75 Å². The van der Waals surface area contributed by atoms with Crippen LogP contribution in [0, 0.1) is 29.6 Å². The summed E-state index contributed by atoms with van der Waals surface area (Å²) in [6, 6.07) is 6.71. The molecule has 0 heterocycles. The van der Waals surface area contributed by atoms with E-state index in [2.05, 4.69) is 58.9 Å². The first-order valence-corrected chi connectivity index (χ1v) is 10.6. The molecular formula is C25H40O. The average molecular weight is 357 g/mol. The number of ether oxygens (including phenoxy) is 1. The molecule has 3 atom stereocenters. The third-order valence-corrected chi connectivity index (χ3v) is 7.08. The van der Waals surface area contributed by atoms with Crippen LogP contribution < -0.4 is 4.74 Å². The predicted molar refractivity (Wildman–Crippen MR) is 114 cm³/mol. The van der Waals surface area contributed by atoms with Gasteiger partial charge in [-0.25, -0.2) is 0 Å². The van der Waals surface area contributed by atoms with Gasteiger partial charge in [0.25, 0.3) is 0 Å². The lowest BCUT2D eigenvalue weighted by molar-refractivity contribution is -0.0368. The summed E-state index contributed by atoms with van der Waals surface area (Å²) in [6.07, 6.45) is 9.08. The van der Waals surface area contributed by atoms with Crippen molar-refractivity contribution in [3.05, 3.63) is 41.0 Å². The summed E-state index contributed by atoms with van der Waals surface area (Å²) in [5.74, 6) is 2.45. The summed E-state index contributed by atoms with van der Waals surface area (Å²) in [5.41, 5.74) is 5.22. The molecule has 0 spiro atoms. The summed E-state index contributed by atoms with van der Waals surface area (Å²) >= 11 is 0. The van der Waals surface area contributed by atoms with Gasteiger partial charge in [-0.1, -0.05) is 58.8 Å². The van der Waals surface area contributed by atoms with Gasteiger partial charge in [0, 0.05) is 0 Å². The normalized spacial score (nSPS) is 29.8. The second-order valence-corrected chi connectivity index (χ2v) is 9.20. The zero-order valence-electron chi connectivity index (χ0n) is 18.4. The molecule has 1 saturated carbocycles. The van der Waals surface area contributed by atoms with Crippen LogP contribution in [0.15, 0.2) is 29.8 Å². The molecule has 3 unspecified atom stereocenters. The van der Waals surface area contributed by atoms with Crippen LogP contribution in [0.4, 0.5) is 0 Å². The van der Waals surface area contributed by atoms with E-state index in [1.807, 2.05) is 13.8 Å². The summed E-state index contributed by atoms with van der Waals surface area (Å²) in [4.78, 5) is 0. The molecule has 1 aromatic rings. The van der Waals surface area contributed by atoms with E-state index in [1.165, 1.54) is 36.8 Å². The lowest BCUT2D eigenvalue weighted by Gasteiger charge is -2.57. The van der Waals surface area contributed by atoms with Crippen LogP contribution in [0.2, 0.25) is 0 Å². The fraction of sp³-hybridized carbons (Fsp3) is 0.680. The molecule has 0 aromatic heterocycles. The number of rotatable bonds is 3. The second kappa shape index (κ2) is 8.19. The largest absolute Gasteiger partial charge is 0.497 e. The van der Waals surface area contributed by atoms with E-state index in [1.54, 1.807) is 12.7 Å². The molecule has 0 N–H and O–H groups in total. The molecule has 2 aliphatic carbocycles. The summed E-state index contributed by atoms with van der Waals surface area (Å²) in [5, 5.41) is 0. The molecule has 0 amide bonds. The molecule has 146 valence electrons. The molecule has 3 rings (SSSR count). The minimum absolute atomic E-state index is 0.428. The van der Waals surface area contributed by atoms with E-state index < -0.39 is 0 Å². The summed E-state index contributed by atoms with van der Waals surface area (Å²) in [6.45, 7) is 16.1. The fourth-order valence-electron chi connectivity index (χ4n) is 5.83. The van der Waals surface area contributed by atoms with Crippen molar-refractivity contribution in [1.29, 1.82) is 0 Å². The van der Waals surface area contributed by atoms with E-state index >= 15 is 0 Å². The van der Waals surface area contributed by atoms with Crippen LogP contribution in [0.1, 0.15) is 78.4 Å². The van der Waals surface area contributed by atoms with Gasteiger partial charge in [-0.3, -0.25) is 0 Å². The Kier molecular flexibility index (Phi) is 6.64. The van der Waals surface area contributed by atoms with Crippen molar-refractivity contribution in [3.63, 3.8) is 0 Å². The minimum Gasteiger partial charge on any atom is -0.497 e. The van der Waals surface area contributed by atoms with Gasteiger partial charge in [-0.15, -0.1) is 0 Å². The highest BCUT2D eigenvalue weighted by atomic mass is 16.5. The maximum Gasteiger partial charge on any atom is 0.119 e. The smallest absolute Gasteiger partial charge is 0.119 e. The van der Waals surface area contributed by atoms with Crippen molar-refractivity contribution in [2.45, 2.75) is 80.6 Å². The number of benzene rings is 1. The maximum absolute atomic E-state index is 5.50. The lowest BCUT2D eigenvalue weighted by atomic mass is 9.48. The molecule has 0 aliphatic heterocycles. The highest BCUT2D eigenvalue weighted by Gasteiger charge is 2.51. The SMILES string of the molecule is CC.COc1cc(C)cc(CC2C(C)=CCC3C(C)(C)CCCC23C)c1. The van der Waals surface area contributed by atoms with Gasteiger partial charge in [0.1, 0.15) is 5.75 Å². The Labute approximate surface area is 162 Å². The monoisotopic (exact) mass is 356 g/mol. The van der Waals surface area contributed by atoms with Gasteiger partial charge in [0.15, 0.2) is 0 Å². The highest BCUT2D eigenvalue weighted by molar-refractivity contribution is 5.35. The Hall–Kier alpha value is -1.24. The average Bonchev–Trinajstić information content (AvgIpc) is 2.58. The quantitative estimate of drug-likeness (QED) is 0.514. The summed E-state index contributed by atoms with van der Waals surface area (Å²) < 4.78 is 5.50. The molecule has 1 heteroatoms. The van der Waals surface area contributed by atoms with Gasteiger partial charge in [0.05, 0.1) is 7.11 Å². The third kappa shape index (κ3) is 4.02. The number of hydrogen-bond donors (Lipinski definition) is 0. The number of allylic oxidation sites excluding steroid dienone is 2. The lowest BCUT2D eigenvalue weighted by Crippen LogP contribution is -2.49. The van der Waals surface area contributed by atoms with E-state index in [9.17, 15) is 0 Å². The van der Waals surface area contributed by atoms with Gasteiger partial charge in [-0.2, -0.15) is 0 Å². The van der Waals surface area contributed by atoms with Gasteiger partial charge in [-0.05, 0) is 85.5 Å². The van der Waals surface area contributed by atoms with Gasteiger partial charge < -0.3 is 4.74 Å². The molecule has 1 aromatic carbocycles. The van der Waals surface area contributed by atoms with E-state index in [0.29, 0.717) is 16.7 Å². The molecule has 26 heavy (non-hydrogen) atoms. The Morgan fingerprint density at radius 1 is 1.04 bits per heavy atom. The van der Waals surface area contributed by atoms with Crippen molar-refractivity contribution in [2.24, 2.45) is 22.7 Å². The molecule has 0 bridgehead atoms. The van der Waals surface area contributed by atoms with Crippen molar-refractivity contribution >= 4 is 0 Å². The fourth-order valence-corrected chi connectivity index (χ4v) is 5.83. The predicted octanol–water partition coefficient (Wildman–Crippen LogP) is 7.37. The van der Waals surface area contributed by atoms with Crippen LogP contribution >= 0.6 is 0 Å². The second-order valence-electron chi connectivity index (χ2n) is 9.20. The van der Waals surface area contributed by atoms with Gasteiger partial charge in [0.2, 0.25) is 0 Å². The van der Waals surface area contributed by atoms with Crippen molar-refractivity contribution in [2.75, 3.05) is 7.11 Å². The molecule has 1 fully saturated rings. The van der Waals surface area contributed by atoms with E-state index in [4.69, 9.17) is 4.74 Å².